The molecule has 2 saturated heterocycles. The van der Waals surface area contributed by atoms with Gasteiger partial charge in [-0.25, -0.2) is 4.99 Å². The molecule has 2 aliphatic heterocycles. The molecule has 2 aliphatic rings. The van der Waals surface area contributed by atoms with Crippen LogP contribution in [0.5, 0.6) is 5.75 Å². The molecule has 2 N–H and O–H groups in total. The van der Waals surface area contributed by atoms with Crippen LogP contribution >= 0.6 is 0 Å². The average Bonchev–Trinajstić information content (AvgIpc) is 3.12. The SMILES string of the molecule is CCNC(=NCc1ccc(C)cc1OC)NCC1CN2CCCC2CO1. The van der Waals surface area contributed by atoms with Gasteiger partial charge in [0.25, 0.3) is 0 Å². The van der Waals surface area contributed by atoms with Crippen LogP contribution in [0, 0.1) is 6.92 Å². The molecule has 0 aromatic heterocycles. The molecule has 1 aromatic carbocycles. The van der Waals surface area contributed by atoms with Crippen LogP contribution in [0.25, 0.3) is 0 Å². The Morgan fingerprint density at radius 2 is 2.27 bits per heavy atom. The van der Waals surface area contributed by atoms with E-state index >= 15 is 0 Å². The topological polar surface area (TPSA) is 58.1 Å². The maximum absolute atomic E-state index is 6.03. The van der Waals surface area contributed by atoms with Crippen LogP contribution in [-0.4, -0.2) is 62.9 Å². The largest absolute Gasteiger partial charge is 0.496 e. The summed E-state index contributed by atoms with van der Waals surface area (Å²) in [4.78, 5) is 7.28. The van der Waals surface area contributed by atoms with E-state index in [-0.39, 0.29) is 6.10 Å². The number of hydrogen-bond acceptors (Lipinski definition) is 4. The second-order valence-electron chi connectivity index (χ2n) is 7.14. The number of fused-ring (bicyclic) bond motifs is 1. The first kappa shape index (κ1) is 19.0. The molecule has 0 saturated carbocycles. The summed E-state index contributed by atoms with van der Waals surface area (Å²) in [7, 11) is 1.71. The number of ether oxygens (including phenoxy) is 2. The third-order valence-corrected chi connectivity index (χ3v) is 5.15. The minimum atomic E-state index is 0.224. The van der Waals surface area contributed by atoms with Crippen LogP contribution in [0.1, 0.15) is 30.9 Å². The molecule has 2 fully saturated rings. The number of methoxy groups -OCH3 is 1. The molecule has 1 aromatic rings. The van der Waals surface area contributed by atoms with Crippen molar-refractivity contribution in [1.82, 2.24) is 15.5 Å². The van der Waals surface area contributed by atoms with Crippen molar-refractivity contribution in [3.63, 3.8) is 0 Å². The van der Waals surface area contributed by atoms with Crippen molar-refractivity contribution in [2.75, 3.05) is 39.9 Å². The molecule has 6 heteroatoms. The Morgan fingerprint density at radius 3 is 3.08 bits per heavy atom. The summed E-state index contributed by atoms with van der Waals surface area (Å²) in [6.07, 6.45) is 2.81. The Hall–Kier alpha value is -1.79. The molecule has 6 nitrogen and oxygen atoms in total. The summed E-state index contributed by atoms with van der Waals surface area (Å²) < 4.78 is 11.5. The molecule has 0 amide bonds. The molecule has 2 atom stereocenters. The second kappa shape index (κ2) is 9.24. The van der Waals surface area contributed by atoms with E-state index in [1.807, 2.05) is 6.07 Å². The lowest BCUT2D eigenvalue weighted by molar-refractivity contribution is -0.0453. The van der Waals surface area contributed by atoms with Gasteiger partial charge in [-0.1, -0.05) is 12.1 Å². The van der Waals surface area contributed by atoms with Crippen LogP contribution in [0.3, 0.4) is 0 Å². The van der Waals surface area contributed by atoms with Gasteiger partial charge in [-0.3, -0.25) is 4.90 Å². The molecule has 2 unspecified atom stereocenters. The zero-order valence-electron chi connectivity index (χ0n) is 16.3. The Morgan fingerprint density at radius 1 is 1.38 bits per heavy atom. The number of guanidine groups is 1. The van der Waals surface area contributed by atoms with Gasteiger partial charge in [-0.05, 0) is 44.9 Å². The average molecular weight is 361 g/mol. The Balaban J connectivity index is 1.55. The lowest BCUT2D eigenvalue weighted by atomic mass is 10.1. The van der Waals surface area contributed by atoms with Crippen molar-refractivity contribution in [2.24, 2.45) is 4.99 Å². The molecule has 0 spiro atoms. The Bertz CT molecular complexity index is 620. The van der Waals surface area contributed by atoms with Crippen molar-refractivity contribution in [2.45, 2.75) is 45.4 Å². The number of rotatable bonds is 6. The number of aliphatic imine (C=N–C) groups is 1. The molecule has 3 rings (SSSR count). The van der Waals surface area contributed by atoms with E-state index < -0.39 is 0 Å². The quantitative estimate of drug-likeness (QED) is 0.600. The first-order valence-electron chi connectivity index (χ1n) is 9.71. The number of nitrogens with zero attached hydrogens (tertiary/aromatic N) is 2. The lowest BCUT2D eigenvalue weighted by Crippen LogP contribution is -2.51. The van der Waals surface area contributed by atoms with Crippen LogP contribution in [0.15, 0.2) is 23.2 Å². The van der Waals surface area contributed by atoms with Gasteiger partial charge in [0.15, 0.2) is 5.96 Å². The fraction of sp³-hybridized carbons (Fsp3) is 0.650. The van der Waals surface area contributed by atoms with Gasteiger partial charge in [0.2, 0.25) is 0 Å². The highest BCUT2D eigenvalue weighted by molar-refractivity contribution is 5.79. The Kier molecular flexibility index (Phi) is 6.74. The summed E-state index contributed by atoms with van der Waals surface area (Å²) in [5, 5.41) is 6.75. The van der Waals surface area contributed by atoms with E-state index in [0.29, 0.717) is 12.6 Å². The highest BCUT2D eigenvalue weighted by atomic mass is 16.5. The molecular formula is C20H32N4O2. The number of benzene rings is 1. The Labute approximate surface area is 157 Å². The van der Waals surface area contributed by atoms with Crippen LogP contribution in [0.2, 0.25) is 0 Å². The molecule has 0 radical (unpaired) electrons. The van der Waals surface area contributed by atoms with Crippen molar-refractivity contribution in [3.05, 3.63) is 29.3 Å². The summed E-state index contributed by atoms with van der Waals surface area (Å²) >= 11 is 0. The maximum Gasteiger partial charge on any atom is 0.191 e. The highest BCUT2D eigenvalue weighted by Crippen LogP contribution is 2.22. The summed E-state index contributed by atoms with van der Waals surface area (Å²) in [5.41, 5.74) is 2.28. The fourth-order valence-corrected chi connectivity index (χ4v) is 3.71. The third kappa shape index (κ3) is 4.89. The summed E-state index contributed by atoms with van der Waals surface area (Å²) in [5.74, 6) is 1.71. The molecular weight excluding hydrogens is 328 g/mol. The van der Waals surface area contributed by atoms with Crippen molar-refractivity contribution >= 4 is 5.96 Å². The highest BCUT2D eigenvalue weighted by Gasteiger charge is 2.32. The number of morpholine rings is 1. The molecule has 2 heterocycles. The van der Waals surface area contributed by atoms with Crippen molar-refractivity contribution in [3.8, 4) is 5.75 Å². The van der Waals surface area contributed by atoms with Crippen LogP contribution in [0.4, 0.5) is 0 Å². The van der Waals surface area contributed by atoms with E-state index in [4.69, 9.17) is 14.5 Å². The normalized spacial score (nSPS) is 23.6. The van der Waals surface area contributed by atoms with E-state index in [9.17, 15) is 0 Å². The number of hydrogen-bond donors (Lipinski definition) is 2. The first-order valence-corrected chi connectivity index (χ1v) is 9.71. The predicted molar refractivity (Wildman–Crippen MR) is 105 cm³/mol. The standard InChI is InChI=1S/C20H32N4O2/c1-4-21-20(22-11-16-8-7-15(2)10-19(16)25-3)23-12-18-13-24-9-5-6-17(24)14-26-18/h7-8,10,17-18H,4-6,9,11-14H2,1-3H3,(H2,21,22,23). The zero-order chi connectivity index (χ0) is 18.4. The van der Waals surface area contributed by atoms with E-state index in [1.165, 1.54) is 24.9 Å². The first-order chi connectivity index (χ1) is 12.7. The van der Waals surface area contributed by atoms with Gasteiger partial charge in [-0.15, -0.1) is 0 Å². The van der Waals surface area contributed by atoms with Gasteiger partial charge in [-0.2, -0.15) is 0 Å². The third-order valence-electron chi connectivity index (χ3n) is 5.15. The zero-order valence-corrected chi connectivity index (χ0v) is 16.3. The second-order valence-corrected chi connectivity index (χ2v) is 7.14. The monoisotopic (exact) mass is 360 g/mol. The van der Waals surface area contributed by atoms with E-state index in [0.717, 1.165) is 43.5 Å². The fourth-order valence-electron chi connectivity index (χ4n) is 3.71. The number of nitrogens with one attached hydrogen (secondary N) is 2. The lowest BCUT2D eigenvalue weighted by Gasteiger charge is -2.35. The molecule has 0 aliphatic carbocycles. The minimum Gasteiger partial charge on any atom is -0.496 e. The van der Waals surface area contributed by atoms with Crippen molar-refractivity contribution < 1.29 is 9.47 Å². The molecule has 26 heavy (non-hydrogen) atoms. The van der Waals surface area contributed by atoms with Gasteiger partial charge < -0.3 is 20.1 Å². The van der Waals surface area contributed by atoms with Gasteiger partial charge in [0.1, 0.15) is 5.75 Å². The number of aryl methyl sites for hydroxylation is 1. The van der Waals surface area contributed by atoms with Crippen LogP contribution in [-0.2, 0) is 11.3 Å². The van der Waals surface area contributed by atoms with Gasteiger partial charge in [0, 0.05) is 31.2 Å². The summed E-state index contributed by atoms with van der Waals surface area (Å²) in [6, 6.07) is 6.87. The minimum absolute atomic E-state index is 0.224. The van der Waals surface area contributed by atoms with Gasteiger partial charge >= 0.3 is 0 Å². The van der Waals surface area contributed by atoms with Gasteiger partial charge in [0.05, 0.1) is 26.4 Å². The molecule has 0 bridgehead atoms. The van der Waals surface area contributed by atoms with Crippen molar-refractivity contribution in [1.29, 1.82) is 0 Å². The van der Waals surface area contributed by atoms with E-state index in [2.05, 4.69) is 41.5 Å². The maximum atomic E-state index is 6.03. The van der Waals surface area contributed by atoms with Crippen LogP contribution < -0.4 is 15.4 Å². The smallest absolute Gasteiger partial charge is 0.191 e. The molecule has 144 valence electrons. The predicted octanol–water partition coefficient (Wildman–Crippen LogP) is 1.92. The summed E-state index contributed by atoms with van der Waals surface area (Å²) in [6.45, 7) is 9.43. The van der Waals surface area contributed by atoms with E-state index in [1.54, 1.807) is 7.11 Å².